The smallest absolute Gasteiger partial charge is 0.254 e. The fourth-order valence-corrected chi connectivity index (χ4v) is 2.55. The van der Waals surface area contributed by atoms with Crippen LogP contribution in [0.15, 0.2) is 17.0 Å². The number of rotatable bonds is 3. The Morgan fingerprint density at radius 3 is 2.48 bits per heavy atom. The molecule has 0 atom stereocenters. The predicted octanol–water partition coefficient (Wildman–Crippen LogP) is 0.521. The molecule has 1 aliphatic rings. The topological polar surface area (TPSA) is 98.5 Å². The van der Waals surface area contributed by atoms with E-state index in [1.165, 1.54) is 0 Å². The lowest BCUT2D eigenvalue weighted by molar-refractivity contribution is 0.0694. The van der Waals surface area contributed by atoms with E-state index in [1.807, 2.05) is 0 Å². The number of sulfonamides is 1. The fraction of sp³-hybridized carbons (Fsp3) is 0.417. The van der Waals surface area contributed by atoms with Crippen molar-refractivity contribution in [3.63, 3.8) is 0 Å². The van der Waals surface area contributed by atoms with Crippen molar-refractivity contribution >= 4 is 15.9 Å². The Labute approximate surface area is 120 Å². The highest BCUT2D eigenvalue weighted by molar-refractivity contribution is 7.89. The summed E-state index contributed by atoms with van der Waals surface area (Å²) >= 11 is 0. The van der Waals surface area contributed by atoms with Crippen LogP contribution in [-0.2, 0) is 14.8 Å². The van der Waals surface area contributed by atoms with Gasteiger partial charge < -0.3 is 10.1 Å². The summed E-state index contributed by atoms with van der Waals surface area (Å²) in [6.45, 7) is 0.915. The van der Waals surface area contributed by atoms with Gasteiger partial charge in [0.2, 0.25) is 10.0 Å². The van der Waals surface area contributed by atoms with Crippen molar-refractivity contribution in [1.29, 1.82) is 0 Å². The molecule has 2 rings (SSSR count). The molecule has 0 aromatic heterocycles. The zero-order chi connectivity index (χ0) is 15.6. The molecule has 1 amide bonds. The summed E-state index contributed by atoms with van der Waals surface area (Å²) in [5.74, 6) is -3.74. The van der Waals surface area contributed by atoms with Crippen LogP contribution in [0.2, 0.25) is 0 Å². The minimum atomic E-state index is -4.24. The van der Waals surface area contributed by atoms with Crippen LogP contribution in [0, 0.1) is 11.6 Å². The van der Waals surface area contributed by atoms with E-state index in [-0.39, 0.29) is 6.04 Å². The van der Waals surface area contributed by atoms with E-state index in [2.05, 4.69) is 5.32 Å². The van der Waals surface area contributed by atoms with Crippen molar-refractivity contribution in [1.82, 2.24) is 5.32 Å². The van der Waals surface area contributed by atoms with E-state index < -0.39 is 38.0 Å². The highest BCUT2D eigenvalue weighted by Crippen LogP contribution is 2.18. The van der Waals surface area contributed by atoms with Gasteiger partial charge in [-0.3, -0.25) is 4.79 Å². The highest BCUT2D eigenvalue weighted by atomic mass is 32.2. The number of primary sulfonamides is 1. The van der Waals surface area contributed by atoms with Gasteiger partial charge in [-0.1, -0.05) is 0 Å². The third kappa shape index (κ3) is 3.74. The number of nitrogens with two attached hydrogens (primary N) is 1. The number of ether oxygens (including phenoxy) is 1. The van der Waals surface area contributed by atoms with E-state index >= 15 is 0 Å². The molecule has 1 aromatic carbocycles. The van der Waals surface area contributed by atoms with Crippen molar-refractivity contribution in [2.45, 2.75) is 23.8 Å². The normalized spacial score (nSPS) is 16.7. The summed E-state index contributed by atoms with van der Waals surface area (Å²) in [5, 5.41) is 7.38. The SMILES string of the molecule is NS(=O)(=O)c1cc(F)c(F)c(C(=O)NC2CCOCC2)c1. The van der Waals surface area contributed by atoms with Gasteiger partial charge in [0.1, 0.15) is 0 Å². The number of hydrogen-bond donors (Lipinski definition) is 2. The monoisotopic (exact) mass is 320 g/mol. The van der Waals surface area contributed by atoms with E-state index in [0.717, 1.165) is 6.07 Å². The van der Waals surface area contributed by atoms with Crippen LogP contribution in [0.4, 0.5) is 8.78 Å². The zero-order valence-electron chi connectivity index (χ0n) is 10.9. The van der Waals surface area contributed by atoms with Crippen LogP contribution in [0.3, 0.4) is 0 Å². The maximum atomic E-state index is 13.7. The van der Waals surface area contributed by atoms with Gasteiger partial charge in [0.05, 0.1) is 10.5 Å². The van der Waals surface area contributed by atoms with Crippen molar-refractivity contribution in [2.75, 3.05) is 13.2 Å². The maximum Gasteiger partial charge on any atom is 0.254 e. The third-order valence-electron chi connectivity index (χ3n) is 3.13. The zero-order valence-corrected chi connectivity index (χ0v) is 11.8. The summed E-state index contributed by atoms with van der Waals surface area (Å²) in [4.78, 5) is 11.3. The van der Waals surface area contributed by atoms with Gasteiger partial charge in [-0.05, 0) is 25.0 Å². The molecule has 0 saturated carbocycles. The molecule has 6 nitrogen and oxygen atoms in total. The summed E-state index contributed by atoms with van der Waals surface area (Å²) in [6.07, 6.45) is 1.09. The van der Waals surface area contributed by atoms with Gasteiger partial charge >= 0.3 is 0 Å². The Hall–Kier alpha value is -1.58. The summed E-state index contributed by atoms with van der Waals surface area (Å²) in [6, 6.07) is 0.935. The van der Waals surface area contributed by atoms with Crippen LogP contribution in [0.5, 0.6) is 0 Å². The Bertz CT molecular complexity index is 657. The molecule has 116 valence electrons. The first-order valence-corrected chi connectivity index (χ1v) is 7.74. The average Bonchev–Trinajstić information content (AvgIpc) is 2.41. The molecule has 1 fully saturated rings. The Morgan fingerprint density at radius 2 is 1.90 bits per heavy atom. The largest absolute Gasteiger partial charge is 0.381 e. The Kier molecular flexibility index (Phi) is 4.55. The fourth-order valence-electron chi connectivity index (χ4n) is 2.00. The lowest BCUT2D eigenvalue weighted by Crippen LogP contribution is -2.39. The molecule has 1 aromatic rings. The number of carbonyl (C=O) groups is 1. The highest BCUT2D eigenvalue weighted by Gasteiger charge is 2.23. The molecule has 0 radical (unpaired) electrons. The van der Waals surface area contributed by atoms with Crippen molar-refractivity contribution in [3.8, 4) is 0 Å². The van der Waals surface area contributed by atoms with E-state index in [1.54, 1.807) is 0 Å². The number of nitrogens with one attached hydrogen (secondary N) is 1. The molecule has 0 spiro atoms. The van der Waals surface area contributed by atoms with Crippen LogP contribution >= 0.6 is 0 Å². The number of benzene rings is 1. The first-order valence-electron chi connectivity index (χ1n) is 6.19. The molecular weight excluding hydrogens is 306 g/mol. The maximum absolute atomic E-state index is 13.7. The molecular formula is C12H14F2N2O4S. The van der Waals surface area contributed by atoms with E-state index in [4.69, 9.17) is 9.88 Å². The van der Waals surface area contributed by atoms with Crippen LogP contribution in [0.1, 0.15) is 23.2 Å². The second-order valence-corrected chi connectivity index (χ2v) is 6.23. The molecule has 0 aliphatic carbocycles. The first kappa shape index (κ1) is 15.8. The molecule has 3 N–H and O–H groups in total. The predicted molar refractivity (Wildman–Crippen MR) is 69.0 cm³/mol. The summed E-state index contributed by atoms with van der Waals surface area (Å²) < 4.78 is 54.6. The Balaban J connectivity index is 2.29. The second-order valence-electron chi connectivity index (χ2n) is 4.67. The van der Waals surface area contributed by atoms with Crippen molar-refractivity contribution < 1.29 is 26.7 Å². The number of halogens is 2. The quantitative estimate of drug-likeness (QED) is 0.848. The molecule has 21 heavy (non-hydrogen) atoms. The van der Waals surface area contributed by atoms with Gasteiger partial charge in [0.15, 0.2) is 11.6 Å². The van der Waals surface area contributed by atoms with Gasteiger partial charge in [0.25, 0.3) is 5.91 Å². The van der Waals surface area contributed by atoms with Crippen LogP contribution < -0.4 is 10.5 Å². The minimum Gasteiger partial charge on any atom is -0.381 e. The second kappa shape index (κ2) is 6.04. The molecule has 0 bridgehead atoms. The van der Waals surface area contributed by atoms with Crippen molar-refractivity contribution in [3.05, 3.63) is 29.3 Å². The molecule has 9 heteroatoms. The standard InChI is InChI=1S/C12H14F2N2O4S/c13-10-6-8(21(15,18)19)5-9(11(10)14)12(17)16-7-1-3-20-4-2-7/h5-7H,1-4H2,(H,16,17)(H2,15,18,19). The van der Waals surface area contributed by atoms with Gasteiger partial charge in [-0.25, -0.2) is 22.3 Å². The summed E-state index contributed by atoms with van der Waals surface area (Å²) in [7, 11) is -4.24. The third-order valence-corrected chi connectivity index (χ3v) is 4.02. The minimum absolute atomic E-state index is 0.230. The molecule has 1 heterocycles. The number of carbonyl (C=O) groups excluding carboxylic acids is 1. The Morgan fingerprint density at radius 1 is 1.29 bits per heavy atom. The van der Waals surface area contributed by atoms with Gasteiger partial charge in [-0.2, -0.15) is 0 Å². The van der Waals surface area contributed by atoms with E-state index in [9.17, 15) is 22.0 Å². The number of amides is 1. The van der Waals surface area contributed by atoms with Gasteiger partial charge in [-0.15, -0.1) is 0 Å². The summed E-state index contributed by atoms with van der Waals surface area (Å²) in [5.41, 5.74) is -0.689. The first-order chi connectivity index (χ1) is 9.79. The van der Waals surface area contributed by atoms with Crippen LogP contribution in [0.25, 0.3) is 0 Å². The van der Waals surface area contributed by atoms with Crippen LogP contribution in [-0.4, -0.2) is 33.6 Å². The molecule has 0 unspecified atom stereocenters. The van der Waals surface area contributed by atoms with Crippen molar-refractivity contribution in [2.24, 2.45) is 5.14 Å². The van der Waals surface area contributed by atoms with E-state index in [0.29, 0.717) is 32.1 Å². The number of hydrogen-bond acceptors (Lipinski definition) is 4. The molecule has 1 saturated heterocycles. The van der Waals surface area contributed by atoms with Gasteiger partial charge in [0, 0.05) is 19.3 Å². The lowest BCUT2D eigenvalue weighted by atomic mass is 10.1. The lowest BCUT2D eigenvalue weighted by Gasteiger charge is -2.23. The molecule has 1 aliphatic heterocycles. The average molecular weight is 320 g/mol.